The molecule has 2 fully saturated rings. The molecule has 1 aliphatic heterocycles. The Morgan fingerprint density at radius 1 is 1.35 bits per heavy atom. The molecule has 3 rings (SSSR count). The second-order valence-corrected chi connectivity index (χ2v) is 6.19. The Kier molecular flexibility index (Phi) is 3.94. The summed E-state index contributed by atoms with van der Waals surface area (Å²) < 4.78 is 11.5. The fourth-order valence-electron chi connectivity index (χ4n) is 2.94. The highest BCUT2D eigenvalue weighted by atomic mass is 16.7. The van der Waals surface area contributed by atoms with Crippen molar-refractivity contribution in [3.63, 3.8) is 0 Å². The van der Waals surface area contributed by atoms with Crippen LogP contribution in [0.5, 0.6) is 5.75 Å². The van der Waals surface area contributed by atoms with Crippen molar-refractivity contribution in [2.24, 2.45) is 5.73 Å². The molecule has 0 radical (unpaired) electrons. The Labute approximate surface area is 120 Å². The molecule has 0 amide bonds. The van der Waals surface area contributed by atoms with Gasteiger partial charge in [-0.1, -0.05) is 0 Å². The molecule has 110 valence electrons. The van der Waals surface area contributed by atoms with Crippen molar-refractivity contribution in [1.82, 2.24) is 4.98 Å². The van der Waals surface area contributed by atoms with Crippen molar-refractivity contribution in [3.05, 3.63) is 23.5 Å². The average molecular weight is 276 g/mol. The van der Waals surface area contributed by atoms with Crippen molar-refractivity contribution in [3.8, 4) is 5.75 Å². The van der Waals surface area contributed by atoms with Crippen molar-refractivity contribution >= 4 is 0 Å². The second kappa shape index (κ2) is 5.70. The highest BCUT2D eigenvalue weighted by Crippen LogP contribution is 2.32. The summed E-state index contributed by atoms with van der Waals surface area (Å²) in [4.78, 5) is 4.65. The Morgan fingerprint density at radius 3 is 2.80 bits per heavy atom. The molecule has 1 aromatic heterocycles. The van der Waals surface area contributed by atoms with E-state index in [4.69, 9.17) is 15.2 Å². The van der Waals surface area contributed by atoms with E-state index in [2.05, 4.69) is 4.98 Å². The van der Waals surface area contributed by atoms with Gasteiger partial charge in [-0.15, -0.1) is 0 Å². The zero-order valence-electron chi connectivity index (χ0n) is 12.2. The van der Waals surface area contributed by atoms with E-state index in [1.807, 2.05) is 19.1 Å². The molecule has 1 aliphatic carbocycles. The molecule has 0 bridgehead atoms. The summed E-state index contributed by atoms with van der Waals surface area (Å²) in [5.74, 6) is 0.834. The van der Waals surface area contributed by atoms with Crippen LogP contribution in [0.2, 0.25) is 0 Å². The molecule has 2 aliphatic rings. The van der Waals surface area contributed by atoms with Gasteiger partial charge in [0.25, 0.3) is 0 Å². The van der Waals surface area contributed by atoms with E-state index in [1.54, 1.807) is 0 Å². The van der Waals surface area contributed by atoms with Crippen LogP contribution in [0.1, 0.15) is 49.9 Å². The van der Waals surface area contributed by atoms with Crippen LogP contribution in [0.4, 0.5) is 0 Å². The number of aromatic nitrogens is 1. The Hall–Kier alpha value is -1.13. The summed E-state index contributed by atoms with van der Waals surface area (Å²) in [5, 5.41) is 0. The van der Waals surface area contributed by atoms with Gasteiger partial charge < -0.3 is 15.2 Å². The molecule has 1 saturated heterocycles. The SMILES string of the molecule is Cc1nc(CC2(N)CCC2)ccc1OC1CCCCO1. The molecule has 2 N–H and O–H groups in total. The lowest BCUT2D eigenvalue weighted by Gasteiger charge is -2.38. The van der Waals surface area contributed by atoms with Crippen LogP contribution >= 0.6 is 0 Å². The smallest absolute Gasteiger partial charge is 0.199 e. The minimum atomic E-state index is -0.109. The van der Waals surface area contributed by atoms with Crippen LogP contribution in [-0.2, 0) is 11.2 Å². The van der Waals surface area contributed by atoms with Gasteiger partial charge in [-0.05, 0) is 51.2 Å². The van der Waals surface area contributed by atoms with Crippen LogP contribution < -0.4 is 10.5 Å². The maximum Gasteiger partial charge on any atom is 0.199 e. The minimum Gasteiger partial charge on any atom is -0.463 e. The topological polar surface area (TPSA) is 57.4 Å². The lowest BCUT2D eigenvalue weighted by atomic mass is 9.74. The van der Waals surface area contributed by atoms with E-state index in [1.165, 1.54) is 12.8 Å². The molecule has 20 heavy (non-hydrogen) atoms. The van der Waals surface area contributed by atoms with Crippen LogP contribution in [-0.4, -0.2) is 23.4 Å². The third-order valence-electron chi connectivity index (χ3n) is 4.37. The van der Waals surface area contributed by atoms with E-state index in [9.17, 15) is 0 Å². The standard InChI is InChI=1S/C16H24N2O2/c1-12-14(20-15-5-2-3-10-19-15)7-6-13(18-12)11-16(17)8-4-9-16/h6-7,15H,2-5,8-11,17H2,1H3. The number of aryl methyl sites for hydroxylation is 1. The van der Waals surface area contributed by atoms with Gasteiger partial charge in [-0.2, -0.15) is 0 Å². The van der Waals surface area contributed by atoms with Crippen LogP contribution in [0.15, 0.2) is 12.1 Å². The number of hydrogen-bond donors (Lipinski definition) is 1. The van der Waals surface area contributed by atoms with Gasteiger partial charge in [-0.25, -0.2) is 0 Å². The molecule has 0 spiro atoms. The first-order valence-corrected chi connectivity index (χ1v) is 7.68. The fourth-order valence-corrected chi connectivity index (χ4v) is 2.94. The summed E-state index contributed by atoms with van der Waals surface area (Å²) in [6.45, 7) is 2.79. The van der Waals surface area contributed by atoms with E-state index >= 15 is 0 Å². The van der Waals surface area contributed by atoms with E-state index in [-0.39, 0.29) is 11.8 Å². The molecule has 1 saturated carbocycles. The number of hydrogen-bond acceptors (Lipinski definition) is 4. The van der Waals surface area contributed by atoms with Crippen molar-refractivity contribution in [2.75, 3.05) is 6.61 Å². The van der Waals surface area contributed by atoms with Gasteiger partial charge in [-0.3, -0.25) is 4.98 Å². The monoisotopic (exact) mass is 276 g/mol. The highest BCUT2D eigenvalue weighted by molar-refractivity contribution is 5.29. The molecule has 1 unspecified atom stereocenters. The van der Waals surface area contributed by atoms with Gasteiger partial charge >= 0.3 is 0 Å². The summed E-state index contributed by atoms with van der Waals surface area (Å²) in [6.07, 6.45) is 7.50. The van der Waals surface area contributed by atoms with Gasteiger partial charge in [0.05, 0.1) is 12.3 Å². The molecule has 0 aromatic carbocycles. The first kappa shape index (κ1) is 13.8. The first-order chi connectivity index (χ1) is 9.65. The van der Waals surface area contributed by atoms with E-state index in [0.29, 0.717) is 0 Å². The second-order valence-electron chi connectivity index (χ2n) is 6.19. The number of rotatable bonds is 4. The summed E-state index contributed by atoms with van der Waals surface area (Å²) in [6, 6.07) is 4.05. The maximum atomic E-state index is 6.28. The summed E-state index contributed by atoms with van der Waals surface area (Å²) >= 11 is 0. The average Bonchev–Trinajstić information content (AvgIpc) is 2.41. The Morgan fingerprint density at radius 2 is 2.20 bits per heavy atom. The first-order valence-electron chi connectivity index (χ1n) is 7.68. The zero-order valence-corrected chi connectivity index (χ0v) is 12.2. The third-order valence-corrected chi connectivity index (χ3v) is 4.37. The zero-order chi connectivity index (χ0) is 14.0. The molecule has 4 nitrogen and oxygen atoms in total. The normalized spacial score (nSPS) is 25.0. The minimum absolute atomic E-state index is 0.0195. The van der Waals surface area contributed by atoms with Crippen LogP contribution in [0.3, 0.4) is 0 Å². The third kappa shape index (κ3) is 3.13. The Balaban J connectivity index is 1.64. The van der Waals surface area contributed by atoms with Crippen molar-refractivity contribution in [1.29, 1.82) is 0 Å². The van der Waals surface area contributed by atoms with Gasteiger partial charge in [0.15, 0.2) is 6.29 Å². The molecule has 1 aromatic rings. The predicted octanol–water partition coefficient (Wildman–Crippen LogP) is 2.72. The maximum absolute atomic E-state index is 6.28. The number of ether oxygens (including phenoxy) is 2. The molecular formula is C16H24N2O2. The summed E-state index contributed by atoms with van der Waals surface area (Å²) in [5.41, 5.74) is 8.26. The van der Waals surface area contributed by atoms with Gasteiger partial charge in [0.2, 0.25) is 0 Å². The molecule has 1 atom stereocenters. The largest absolute Gasteiger partial charge is 0.463 e. The number of nitrogens with two attached hydrogens (primary N) is 1. The lowest BCUT2D eigenvalue weighted by Crippen LogP contribution is -2.48. The van der Waals surface area contributed by atoms with Crippen LogP contribution in [0.25, 0.3) is 0 Å². The fraction of sp³-hybridized carbons (Fsp3) is 0.688. The molecule has 2 heterocycles. The summed E-state index contributed by atoms with van der Waals surface area (Å²) in [7, 11) is 0. The van der Waals surface area contributed by atoms with E-state index < -0.39 is 0 Å². The quantitative estimate of drug-likeness (QED) is 0.918. The predicted molar refractivity (Wildman–Crippen MR) is 77.7 cm³/mol. The van der Waals surface area contributed by atoms with Crippen molar-refractivity contribution < 1.29 is 9.47 Å². The lowest BCUT2D eigenvalue weighted by molar-refractivity contribution is -0.106. The van der Waals surface area contributed by atoms with Gasteiger partial charge in [0, 0.05) is 24.1 Å². The molecular weight excluding hydrogens is 252 g/mol. The highest BCUT2D eigenvalue weighted by Gasteiger charge is 2.33. The van der Waals surface area contributed by atoms with Crippen molar-refractivity contribution in [2.45, 2.75) is 63.7 Å². The Bertz CT molecular complexity index is 466. The molecule has 4 heteroatoms. The van der Waals surface area contributed by atoms with E-state index in [0.717, 1.165) is 55.8 Å². The number of nitrogens with zero attached hydrogens (tertiary/aromatic N) is 1. The van der Waals surface area contributed by atoms with Crippen LogP contribution in [0, 0.1) is 6.92 Å². The number of pyridine rings is 1. The van der Waals surface area contributed by atoms with Gasteiger partial charge in [0.1, 0.15) is 5.75 Å².